The van der Waals surface area contributed by atoms with Gasteiger partial charge in [-0.25, -0.2) is 0 Å². The van der Waals surface area contributed by atoms with Gasteiger partial charge in [-0.2, -0.15) is 0 Å². The summed E-state index contributed by atoms with van der Waals surface area (Å²) in [4.78, 5) is 11.3. The van der Waals surface area contributed by atoms with Crippen molar-refractivity contribution in [3.63, 3.8) is 0 Å². The highest BCUT2D eigenvalue weighted by molar-refractivity contribution is 5.97. The van der Waals surface area contributed by atoms with Crippen LogP contribution in [0.2, 0.25) is 0 Å². The first-order valence-corrected chi connectivity index (χ1v) is 4.86. The summed E-state index contributed by atoms with van der Waals surface area (Å²) < 4.78 is 10.1. The lowest BCUT2D eigenvalue weighted by Crippen LogP contribution is -2.01. The molecule has 0 aromatic heterocycles. The predicted octanol–water partition coefficient (Wildman–Crippen LogP) is 2.09. The average Bonchev–Trinajstić information content (AvgIpc) is 2.25. The molecule has 1 aromatic carbocycles. The number of hydrogen-bond donors (Lipinski definition) is 0. The van der Waals surface area contributed by atoms with E-state index in [0.29, 0.717) is 17.9 Å². The molecule has 0 N–H and O–H groups in total. The van der Waals surface area contributed by atoms with Crippen LogP contribution in [-0.4, -0.2) is 26.6 Å². The SMILES string of the molecule is COCCc1ccc(OC)c(C(C)=O)c1. The highest BCUT2D eigenvalue weighted by Gasteiger charge is 2.08. The maximum atomic E-state index is 11.3. The molecule has 0 atom stereocenters. The summed E-state index contributed by atoms with van der Waals surface area (Å²) in [5.74, 6) is 0.648. The van der Waals surface area contributed by atoms with Gasteiger partial charge in [-0.15, -0.1) is 0 Å². The van der Waals surface area contributed by atoms with E-state index in [0.717, 1.165) is 12.0 Å². The highest BCUT2D eigenvalue weighted by atomic mass is 16.5. The topological polar surface area (TPSA) is 35.5 Å². The molecule has 0 aliphatic carbocycles. The first-order valence-electron chi connectivity index (χ1n) is 4.86. The third kappa shape index (κ3) is 3.06. The van der Waals surface area contributed by atoms with E-state index in [4.69, 9.17) is 9.47 Å². The van der Waals surface area contributed by atoms with E-state index in [1.54, 1.807) is 14.2 Å². The lowest BCUT2D eigenvalue weighted by Gasteiger charge is -2.08. The fourth-order valence-electron chi connectivity index (χ4n) is 1.41. The molecule has 3 nitrogen and oxygen atoms in total. The van der Waals surface area contributed by atoms with E-state index in [9.17, 15) is 4.79 Å². The molecule has 1 rings (SSSR count). The van der Waals surface area contributed by atoms with Gasteiger partial charge in [0.1, 0.15) is 5.75 Å². The molecule has 0 heterocycles. The number of benzene rings is 1. The number of rotatable bonds is 5. The average molecular weight is 208 g/mol. The number of ketones is 1. The van der Waals surface area contributed by atoms with E-state index >= 15 is 0 Å². The van der Waals surface area contributed by atoms with Gasteiger partial charge in [0.05, 0.1) is 19.3 Å². The number of carbonyl (C=O) groups excluding carboxylic acids is 1. The standard InChI is InChI=1S/C12H16O3/c1-9(13)11-8-10(6-7-14-2)4-5-12(11)15-3/h4-5,8H,6-7H2,1-3H3. The Morgan fingerprint density at radius 2 is 2.07 bits per heavy atom. The van der Waals surface area contributed by atoms with Crippen LogP contribution in [-0.2, 0) is 11.2 Å². The fraction of sp³-hybridized carbons (Fsp3) is 0.417. The summed E-state index contributed by atoms with van der Waals surface area (Å²) in [7, 11) is 3.23. The minimum atomic E-state index is 0.0196. The maximum absolute atomic E-state index is 11.3. The molecule has 0 amide bonds. The summed E-state index contributed by atoms with van der Waals surface area (Å²) in [6.07, 6.45) is 0.806. The maximum Gasteiger partial charge on any atom is 0.163 e. The zero-order valence-corrected chi connectivity index (χ0v) is 9.37. The van der Waals surface area contributed by atoms with Crippen molar-refractivity contribution in [3.05, 3.63) is 29.3 Å². The first kappa shape index (κ1) is 11.7. The molecule has 0 fully saturated rings. The van der Waals surface area contributed by atoms with Gasteiger partial charge in [-0.1, -0.05) is 6.07 Å². The molecule has 1 aromatic rings. The van der Waals surface area contributed by atoms with E-state index in [2.05, 4.69) is 0 Å². The lowest BCUT2D eigenvalue weighted by atomic mass is 10.0. The quantitative estimate of drug-likeness (QED) is 0.695. The van der Waals surface area contributed by atoms with E-state index < -0.39 is 0 Å². The van der Waals surface area contributed by atoms with E-state index in [-0.39, 0.29) is 5.78 Å². The zero-order chi connectivity index (χ0) is 11.3. The van der Waals surface area contributed by atoms with Crippen molar-refractivity contribution in [2.24, 2.45) is 0 Å². The Kier molecular flexibility index (Phi) is 4.31. The van der Waals surface area contributed by atoms with Gasteiger partial charge in [0.25, 0.3) is 0 Å². The first-order chi connectivity index (χ1) is 7.19. The molecule has 0 bridgehead atoms. The molecule has 0 saturated carbocycles. The number of ether oxygens (including phenoxy) is 2. The van der Waals surface area contributed by atoms with Gasteiger partial charge in [0.15, 0.2) is 5.78 Å². The van der Waals surface area contributed by atoms with Crippen LogP contribution >= 0.6 is 0 Å². The van der Waals surface area contributed by atoms with Crippen LogP contribution in [0.4, 0.5) is 0 Å². The van der Waals surface area contributed by atoms with Crippen molar-refractivity contribution in [2.45, 2.75) is 13.3 Å². The van der Waals surface area contributed by atoms with Crippen molar-refractivity contribution >= 4 is 5.78 Å². The molecule has 82 valence electrons. The molecule has 0 saturated heterocycles. The van der Waals surface area contributed by atoms with Crippen LogP contribution in [0, 0.1) is 0 Å². The third-order valence-corrected chi connectivity index (χ3v) is 2.24. The van der Waals surface area contributed by atoms with Crippen molar-refractivity contribution < 1.29 is 14.3 Å². The number of hydrogen-bond acceptors (Lipinski definition) is 3. The van der Waals surface area contributed by atoms with Crippen molar-refractivity contribution in [1.29, 1.82) is 0 Å². The number of methoxy groups -OCH3 is 2. The Balaban J connectivity index is 2.94. The van der Waals surface area contributed by atoms with Gasteiger partial charge in [0.2, 0.25) is 0 Å². The summed E-state index contributed by atoms with van der Waals surface area (Å²) in [5.41, 5.74) is 1.72. The van der Waals surface area contributed by atoms with Crippen LogP contribution in [0.3, 0.4) is 0 Å². The smallest absolute Gasteiger partial charge is 0.163 e. The lowest BCUT2D eigenvalue weighted by molar-refractivity contribution is 0.101. The molecular formula is C12H16O3. The molecule has 3 heteroatoms. The zero-order valence-electron chi connectivity index (χ0n) is 9.37. The summed E-state index contributed by atoms with van der Waals surface area (Å²) in [5, 5.41) is 0. The van der Waals surface area contributed by atoms with Crippen LogP contribution in [0.25, 0.3) is 0 Å². The second-order valence-electron chi connectivity index (χ2n) is 3.33. The Bertz CT molecular complexity index is 345. The van der Waals surface area contributed by atoms with Crippen molar-refractivity contribution in [1.82, 2.24) is 0 Å². The minimum absolute atomic E-state index is 0.0196. The highest BCUT2D eigenvalue weighted by Crippen LogP contribution is 2.20. The molecule has 0 radical (unpaired) electrons. The molecule has 15 heavy (non-hydrogen) atoms. The minimum Gasteiger partial charge on any atom is -0.496 e. The molecule has 0 unspecified atom stereocenters. The Labute approximate surface area is 90.0 Å². The van der Waals surface area contributed by atoms with Gasteiger partial charge in [-0.05, 0) is 31.0 Å². The molecular weight excluding hydrogens is 192 g/mol. The summed E-state index contributed by atoms with van der Waals surface area (Å²) >= 11 is 0. The summed E-state index contributed by atoms with van der Waals surface area (Å²) in [6.45, 7) is 2.20. The second-order valence-corrected chi connectivity index (χ2v) is 3.33. The number of carbonyl (C=O) groups is 1. The predicted molar refractivity (Wildman–Crippen MR) is 58.6 cm³/mol. The third-order valence-electron chi connectivity index (χ3n) is 2.24. The van der Waals surface area contributed by atoms with E-state index in [1.165, 1.54) is 6.92 Å². The van der Waals surface area contributed by atoms with Gasteiger partial charge in [-0.3, -0.25) is 4.79 Å². The number of Topliss-reactive ketones (excluding diaryl/α,β-unsaturated/α-hetero) is 1. The Morgan fingerprint density at radius 3 is 2.60 bits per heavy atom. The summed E-state index contributed by atoms with van der Waals surface area (Å²) in [6, 6.07) is 5.63. The Morgan fingerprint density at radius 1 is 1.33 bits per heavy atom. The molecule has 0 spiro atoms. The largest absolute Gasteiger partial charge is 0.496 e. The fourth-order valence-corrected chi connectivity index (χ4v) is 1.41. The molecule has 0 aliphatic heterocycles. The van der Waals surface area contributed by atoms with Crippen molar-refractivity contribution in [3.8, 4) is 5.75 Å². The normalized spacial score (nSPS) is 10.1. The van der Waals surface area contributed by atoms with Gasteiger partial charge in [0, 0.05) is 7.11 Å². The van der Waals surface area contributed by atoms with Crippen LogP contribution in [0.5, 0.6) is 5.75 Å². The van der Waals surface area contributed by atoms with Gasteiger partial charge >= 0.3 is 0 Å². The Hall–Kier alpha value is -1.35. The van der Waals surface area contributed by atoms with Crippen molar-refractivity contribution in [2.75, 3.05) is 20.8 Å². The second kappa shape index (κ2) is 5.51. The van der Waals surface area contributed by atoms with Crippen LogP contribution < -0.4 is 4.74 Å². The monoisotopic (exact) mass is 208 g/mol. The van der Waals surface area contributed by atoms with Crippen LogP contribution in [0.1, 0.15) is 22.8 Å². The van der Waals surface area contributed by atoms with Crippen LogP contribution in [0.15, 0.2) is 18.2 Å². The van der Waals surface area contributed by atoms with Gasteiger partial charge < -0.3 is 9.47 Å². The van der Waals surface area contributed by atoms with E-state index in [1.807, 2.05) is 18.2 Å². The molecule has 0 aliphatic rings.